The molecule has 0 radical (unpaired) electrons. The lowest BCUT2D eigenvalue weighted by atomic mass is 10.1. The standard InChI is InChI=1S/C10H17N3O2/c1-6-4-13(5-12-10(6)14)9-3-8(11)7(2)15-9/h4,7-9H,3,5,11H2,1-2H3,(H,12,14). The second-order valence-electron chi connectivity index (χ2n) is 4.19. The summed E-state index contributed by atoms with van der Waals surface area (Å²) in [5.74, 6) is -0.0124. The van der Waals surface area contributed by atoms with Gasteiger partial charge in [-0.15, -0.1) is 0 Å². The average molecular weight is 211 g/mol. The molecule has 2 rings (SSSR count). The Hall–Kier alpha value is -1.07. The number of carbonyl (C=O) groups excluding carboxylic acids is 1. The highest BCUT2D eigenvalue weighted by Crippen LogP contribution is 2.23. The summed E-state index contributed by atoms with van der Waals surface area (Å²) in [6, 6.07) is 0.0846. The fourth-order valence-electron chi connectivity index (χ4n) is 1.88. The van der Waals surface area contributed by atoms with Crippen molar-refractivity contribution in [1.82, 2.24) is 10.2 Å². The highest BCUT2D eigenvalue weighted by atomic mass is 16.5. The number of carbonyl (C=O) groups is 1. The molecule has 15 heavy (non-hydrogen) atoms. The molecule has 3 atom stereocenters. The summed E-state index contributed by atoms with van der Waals surface area (Å²) in [4.78, 5) is 13.2. The summed E-state index contributed by atoms with van der Waals surface area (Å²) in [7, 11) is 0. The van der Waals surface area contributed by atoms with E-state index >= 15 is 0 Å². The van der Waals surface area contributed by atoms with E-state index < -0.39 is 0 Å². The summed E-state index contributed by atoms with van der Waals surface area (Å²) < 4.78 is 5.70. The van der Waals surface area contributed by atoms with E-state index in [4.69, 9.17) is 10.5 Å². The predicted octanol–water partition coefficient (Wildman–Crippen LogP) is -0.258. The molecule has 1 fully saturated rings. The first-order valence-corrected chi connectivity index (χ1v) is 5.21. The Morgan fingerprint density at radius 2 is 2.40 bits per heavy atom. The lowest BCUT2D eigenvalue weighted by molar-refractivity contribution is -0.120. The summed E-state index contributed by atoms with van der Waals surface area (Å²) in [5, 5.41) is 2.79. The van der Waals surface area contributed by atoms with E-state index in [-0.39, 0.29) is 24.3 Å². The van der Waals surface area contributed by atoms with Crippen molar-refractivity contribution < 1.29 is 9.53 Å². The largest absolute Gasteiger partial charge is 0.354 e. The predicted molar refractivity (Wildman–Crippen MR) is 55.5 cm³/mol. The minimum Gasteiger partial charge on any atom is -0.354 e. The van der Waals surface area contributed by atoms with Crippen LogP contribution in [0, 0.1) is 0 Å². The Balaban J connectivity index is 2.04. The van der Waals surface area contributed by atoms with Gasteiger partial charge in [-0.25, -0.2) is 0 Å². The number of hydrogen-bond acceptors (Lipinski definition) is 4. The van der Waals surface area contributed by atoms with Gasteiger partial charge in [-0.1, -0.05) is 0 Å². The number of nitrogens with zero attached hydrogens (tertiary/aromatic N) is 1. The van der Waals surface area contributed by atoms with Crippen molar-refractivity contribution in [2.75, 3.05) is 6.67 Å². The van der Waals surface area contributed by atoms with Gasteiger partial charge in [-0.2, -0.15) is 0 Å². The van der Waals surface area contributed by atoms with E-state index in [0.717, 1.165) is 6.42 Å². The van der Waals surface area contributed by atoms with Crippen LogP contribution < -0.4 is 11.1 Å². The zero-order chi connectivity index (χ0) is 11.0. The molecule has 0 saturated carbocycles. The van der Waals surface area contributed by atoms with Gasteiger partial charge >= 0.3 is 0 Å². The van der Waals surface area contributed by atoms with Gasteiger partial charge in [0.05, 0.1) is 12.8 Å². The van der Waals surface area contributed by atoms with Crippen LogP contribution in [0.1, 0.15) is 20.3 Å². The molecule has 84 valence electrons. The van der Waals surface area contributed by atoms with Gasteiger partial charge in [0.1, 0.15) is 6.23 Å². The smallest absolute Gasteiger partial charge is 0.249 e. The number of nitrogens with two attached hydrogens (primary N) is 1. The molecule has 1 saturated heterocycles. The highest BCUT2D eigenvalue weighted by Gasteiger charge is 2.33. The van der Waals surface area contributed by atoms with Gasteiger partial charge in [0.15, 0.2) is 0 Å². The van der Waals surface area contributed by atoms with Gasteiger partial charge < -0.3 is 20.7 Å². The molecule has 0 spiro atoms. The Bertz CT molecular complexity index is 293. The second-order valence-corrected chi connectivity index (χ2v) is 4.19. The molecule has 3 unspecified atom stereocenters. The highest BCUT2D eigenvalue weighted by molar-refractivity contribution is 5.93. The number of rotatable bonds is 1. The molecule has 3 N–H and O–H groups in total. The summed E-state index contributed by atoms with van der Waals surface area (Å²) in [6.07, 6.45) is 2.72. The third-order valence-corrected chi connectivity index (χ3v) is 2.96. The third-order valence-electron chi connectivity index (χ3n) is 2.96. The number of amides is 1. The van der Waals surface area contributed by atoms with Crippen LogP contribution in [0.25, 0.3) is 0 Å². The van der Waals surface area contributed by atoms with Crippen molar-refractivity contribution in [3.63, 3.8) is 0 Å². The molecule has 0 bridgehead atoms. The zero-order valence-electron chi connectivity index (χ0n) is 9.06. The molecule has 1 amide bonds. The van der Waals surface area contributed by atoms with E-state index in [0.29, 0.717) is 12.2 Å². The summed E-state index contributed by atoms with van der Waals surface area (Å²) >= 11 is 0. The van der Waals surface area contributed by atoms with Crippen LogP contribution in [0.15, 0.2) is 11.8 Å². The number of nitrogens with one attached hydrogen (secondary N) is 1. The van der Waals surface area contributed by atoms with Crippen LogP contribution in [0.5, 0.6) is 0 Å². The first-order valence-electron chi connectivity index (χ1n) is 5.21. The van der Waals surface area contributed by atoms with Gasteiger partial charge in [-0.05, 0) is 13.8 Å². The van der Waals surface area contributed by atoms with Crippen molar-refractivity contribution >= 4 is 5.91 Å². The first-order chi connectivity index (χ1) is 7.08. The molecular formula is C10H17N3O2. The van der Waals surface area contributed by atoms with E-state index in [1.165, 1.54) is 0 Å². The maximum absolute atomic E-state index is 11.2. The fourth-order valence-corrected chi connectivity index (χ4v) is 1.88. The number of ether oxygens (including phenoxy) is 1. The van der Waals surface area contributed by atoms with Gasteiger partial charge in [0.25, 0.3) is 0 Å². The van der Waals surface area contributed by atoms with Crippen LogP contribution in [0.4, 0.5) is 0 Å². The van der Waals surface area contributed by atoms with Crippen molar-refractivity contribution in [1.29, 1.82) is 0 Å². The van der Waals surface area contributed by atoms with Gasteiger partial charge in [0.2, 0.25) is 5.91 Å². The Morgan fingerprint density at radius 1 is 1.67 bits per heavy atom. The molecule has 0 aromatic rings. The minimum absolute atomic E-state index is 0.00875. The molecule has 0 aliphatic carbocycles. The van der Waals surface area contributed by atoms with E-state index in [2.05, 4.69) is 5.32 Å². The van der Waals surface area contributed by atoms with Crippen molar-refractivity contribution in [3.05, 3.63) is 11.8 Å². The molecule has 2 heterocycles. The Morgan fingerprint density at radius 3 is 2.93 bits per heavy atom. The van der Waals surface area contributed by atoms with Crippen LogP contribution in [-0.4, -0.2) is 35.8 Å². The van der Waals surface area contributed by atoms with E-state index in [1.807, 2.05) is 18.0 Å². The molecule has 5 nitrogen and oxygen atoms in total. The third kappa shape index (κ3) is 1.98. The quantitative estimate of drug-likeness (QED) is 0.627. The Labute approximate surface area is 89.2 Å². The minimum atomic E-state index is -0.0124. The Kier molecular flexibility index (Phi) is 2.67. The van der Waals surface area contributed by atoms with Crippen LogP contribution in [0.2, 0.25) is 0 Å². The molecule has 0 aromatic carbocycles. The van der Waals surface area contributed by atoms with Crippen LogP contribution >= 0.6 is 0 Å². The summed E-state index contributed by atoms with van der Waals surface area (Å²) in [6.45, 7) is 4.27. The second kappa shape index (κ2) is 3.83. The van der Waals surface area contributed by atoms with E-state index in [9.17, 15) is 4.79 Å². The SMILES string of the molecule is CC1=CN(C2CC(N)C(C)O2)CNC1=O. The van der Waals surface area contributed by atoms with Crippen molar-refractivity contribution in [3.8, 4) is 0 Å². The number of hydrogen-bond donors (Lipinski definition) is 2. The van der Waals surface area contributed by atoms with Crippen molar-refractivity contribution in [2.45, 2.75) is 38.6 Å². The van der Waals surface area contributed by atoms with E-state index in [1.54, 1.807) is 6.92 Å². The topological polar surface area (TPSA) is 67.6 Å². The van der Waals surface area contributed by atoms with Crippen LogP contribution in [-0.2, 0) is 9.53 Å². The summed E-state index contributed by atoms with van der Waals surface area (Å²) in [5.41, 5.74) is 6.58. The zero-order valence-corrected chi connectivity index (χ0v) is 9.06. The molecule has 5 heteroatoms. The monoisotopic (exact) mass is 211 g/mol. The maximum atomic E-state index is 11.2. The molecule has 2 aliphatic rings. The maximum Gasteiger partial charge on any atom is 0.249 e. The van der Waals surface area contributed by atoms with Gasteiger partial charge in [-0.3, -0.25) is 4.79 Å². The first kappa shape index (κ1) is 10.4. The van der Waals surface area contributed by atoms with Crippen molar-refractivity contribution in [2.24, 2.45) is 5.73 Å². The average Bonchev–Trinajstić information content (AvgIpc) is 2.52. The molecule has 0 aromatic heterocycles. The van der Waals surface area contributed by atoms with Gasteiger partial charge in [0, 0.05) is 24.2 Å². The molecule has 2 aliphatic heterocycles. The lowest BCUT2D eigenvalue weighted by Gasteiger charge is -2.30. The van der Waals surface area contributed by atoms with Crippen LogP contribution in [0.3, 0.4) is 0 Å². The lowest BCUT2D eigenvalue weighted by Crippen LogP contribution is -2.45. The fraction of sp³-hybridized carbons (Fsp3) is 0.700. The normalized spacial score (nSPS) is 36.5. The molecular weight excluding hydrogens is 194 g/mol.